The van der Waals surface area contributed by atoms with Gasteiger partial charge in [-0.2, -0.15) is 0 Å². The van der Waals surface area contributed by atoms with Crippen molar-refractivity contribution in [2.75, 3.05) is 13.1 Å². The van der Waals surface area contributed by atoms with E-state index < -0.39 is 15.3 Å². The summed E-state index contributed by atoms with van der Waals surface area (Å²) < 4.78 is 27.0. The van der Waals surface area contributed by atoms with Gasteiger partial charge in [0, 0.05) is 12.6 Å². The quantitative estimate of drug-likeness (QED) is 0.718. The molecule has 2 atom stereocenters. The van der Waals surface area contributed by atoms with Crippen molar-refractivity contribution in [1.82, 2.24) is 10.0 Å². The van der Waals surface area contributed by atoms with E-state index in [-0.39, 0.29) is 6.04 Å². The fraction of sp³-hybridized carbons (Fsp3) is 0.571. The van der Waals surface area contributed by atoms with Crippen LogP contribution in [0.3, 0.4) is 0 Å². The van der Waals surface area contributed by atoms with E-state index in [0.717, 1.165) is 18.5 Å². The molecule has 0 aromatic heterocycles. The van der Waals surface area contributed by atoms with Crippen molar-refractivity contribution in [2.45, 2.75) is 38.5 Å². The van der Waals surface area contributed by atoms with Crippen LogP contribution in [0.15, 0.2) is 30.3 Å². The molecular formula is C14H24N2O2S. The van der Waals surface area contributed by atoms with Gasteiger partial charge in [0.1, 0.15) is 0 Å². The molecule has 0 aliphatic heterocycles. The van der Waals surface area contributed by atoms with Crippen LogP contribution in [0.1, 0.15) is 38.8 Å². The molecule has 0 heterocycles. The first-order valence-electron chi connectivity index (χ1n) is 6.74. The zero-order chi connectivity index (χ0) is 14.3. The molecule has 19 heavy (non-hydrogen) atoms. The predicted molar refractivity (Wildman–Crippen MR) is 79.5 cm³/mol. The highest BCUT2D eigenvalue weighted by Crippen LogP contribution is 2.13. The third kappa shape index (κ3) is 5.30. The summed E-state index contributed by atoms with van der Waals surface area (Å²) in [5, 5.41) is 2.70. The molecule has 0 saturated carbocycles. The Balaban J connectivity index is 2.59. The standard InChI is InChI=1S/C14H24N2O2S/c1-4-10-15-11-12(2)19(17,18)16-13(3)14-8-6-5-7-9-14/h5-9,12-13,15-16H,4,10-11H2,1-3H3. The van der Waals surface area contributed by atoms with Crippen LogP contribution in [0.4, 0.5) is 0 Å². The molecule has 0 amide bonds. The number of hydrogen-bond donors (Lipinski definition) is 2. The van der Waals surface area contributed by atoms with Crippen molar-refractivity contribution in [3.05, 3.63) is 35.9 Å². The summed E-state index contributed by atoms with van der Waals surface area (Å²) in [6.07, 6.45) is 1.00. The second-order valence-electron chi connectivity index (χ2n) is 4.81. The average Bonchev–Trinajstić information content (AvgIpc) is 2.39. The maximum Gasteiger partial charge on any atom is 0.216 e. The molecule has 0 aliphatic carbocycles. The highest BCUT2D eigenvalue weighted by atomic mass is 32.2. The van der Waals surface area contributed by atoms with Gasteiger partial charge in [-0.15, -0.1) is 0 Å². The highest BCUT2D eigenvalue weighted by Gasteiger charge is 2.22. The summed E-state index contributed by atoms with van der Waals surface area (Å²) in [7, 11) is -3.30. The molecule has 2 unspecified atom stereocenters. The minimum atomic E-state index is -3.30. The number of sulfonamides is 1. The molecule has 1 aromatic rings. The normalized spacial score (nSPS) is 15.1. The summed E-state index contributed by atoms with van der Waals surface area (Å²) in [4.78, 5) is 0. The zero-order valence-electron chi connectivity index (χ0n) is 11.9. The Morgan fingerprint density at radius 2 is 1.79 bits per heavy atom. The van der Waals surface area contributed by atoms with Crippen molar-refractivity contribution in [3.63, 3.8) is 0 Å². The van der Waals surface area contributed by atoms with Gasteiger partial charge in [0.25, 0.3) is 0 Å². The van der Waals surface area contributed by atoms with E-state index in [1.165, 1.54) is 0 Å². The van der Waals surface area contributed by atoms with E-state index in [1.54, 1.807) is 6.92 Å². The van der Waals surface area contributed by atoms with E-state index in [1.807, 2.05) is 37.3 Å². The Morgan fingerprint density at radius 3 is 2.37 bits per heavy atom. The van der Waals surface area contributed by atoms with Gasteiger partial charge in [0.15, 0.2) is 0 Å². The molecule has 1 rings (SSSR count). The lowest BCUT2D eigenvalue weighted by atomic mass is 10.1. The van der Waals surface area contributed by atoms with E-state index in [2.05, 4.69) is 17.0 Å². The largest absolute Gasteiger partial charge is 0.315 e. The van der Waals surface area contributed by atoms with Crippen LogP contribution in [-0.2, 0) is 10.0 Å². The van der Waals surface area contributed by atoms with Gasteiger partial charge in [0.2, 0.25) is 10.0 Å². The number of nitrogens with one attached hydrogen (secondary N) is 2. The lowest BCUT2D eigenvalue weighted by Gasteiger charge is -2.19. The third-order valence-corrected chi connectivity index (χ3v) is 4.94. The van der Waals surface area contributed by atoms with Crippen molar-refractivity contribution in [3.8, 4) is 0 Å². The molecule has 0 fully saturated rings. The molecule has 2 N–H and O–H groups in total. The first-order chi connectivity index (χ1) is 8.97. The minimum absolute atomic E-state index is 0.208. The average molecular weight is 284 g/mol. The van der Waals surface area contributed by atoms with Crippen LogP contribution in [0.2, 0.25) is 0 Å². The van der Waals surface area contributed by atoms with Gasteiger partial charge >= 0.3 is 0 Å². The molecule has 0 saturated heterocycles. The van der Waals surface area contributed by atoms with Crippen LogP contribution in [0.25, 0.3) is 0 Å². The highest BCUT2D eigenvalue weighted by molar-refractivity contribution is 7.90. The summed E-state index contributed by atoms with van der Waals surface area (Å²) in [5.74, 6) is 0. The smallest absolute Gasteiger partial charge is 0.216 e. The number of hydrogen-bond acceptors (Lipinski definition) is 3. The second-order valence-corrected chi connectivity index (χ2v) is 6.94. The predicted octanol–water partition coefficient (Wildman–Crippen LogP) is 2.06. The molecule has 1 aromatic carbocycles. The summed E-state index contributed by atoms with van der Waals surface area (Å²) >= 11 is 0. The summed E-state index contributed by atoms with van der Waals surface area (Å²) in [6.45, 7) is 6.96. The zero-order valence-corrected chi connectivity index (χ0v) is 12.7. The monoisotopic (exact) mass is 284 g/mol. The fourth-order valence-corrected chi connectivity index (χ4v) is 2.96. The molecule has 4 nitrogen and oxygen atoms in total. The molecular weight excluding hydrogens is 260 g/mol. The van der Waals surface area contributed by atoms with Gasteiger partial charge in [-0.05, 0) is 32.4 Å². The topological polar surface area (TPSA) is 58.2 Å². The van der Waals surface area contributed by atoms with Crippen LogP contribution in [0.5, 0.6) is 0 Å². The van der Waals surface area contributed by atoms with Gasteiger partial charge in [-0.1, -0.05) is 37.3 Å². The van der Waals surface area contributed by atoms with Crippen LogP contribution < -0.4 is 10.0 Å². The van der Waals surface area contributed by atoms with Gasteiger partial charge in [-0.25, -0.2) is 13.1 Å². The van der Waals surface area contributed by atoms with E-state index >= 15 is 0 Å². The van der Waals surface area contributed by atoms with Gasteiger partial charge < -0.3 is 5.32 Å². The van der Waals surface area contributed by atoms with Gasteiger partial charge in [0.05, 0.1) is 5.25 Å². The summed E-state index contributed by atoms with van der Waals surface area (Å²) in [6, 6.07) is 9.38. The molecule has 108 valence electrons. The van der Waals surface area contributed by atoms with Crippen LogP contribution in [0, 0.1) is 0 Å². The minimum Gasteiger partial charge on any atom is -0.315 e. The fourth-order valence-electron chi connectivity index (χ4n) is 1.76. The summed E-state index contributed by atoms with van der Waals surface area (Å²) in [5.41, 5.74) is 0.972. The molecule has 0 radical (unpaired) electrons. The number of rotatable bonds is 8. The van der Waals surface area contributed by atoms with E-state index in [0.29, 0.717) is 6.54 Å². The Kier molecular flexibility index (Phi) is 6.48. The Hall–Kier alpha value is -0.910. The Labute approximate surface area is 116 Å². The molecule has 0 bridgehead atoms. The van der Waals surface area contributed by atoms with E-state index in [4.69, 9.17) is 0 Å². The third-order valence-electron chi connectivity index (χ3n) is 3.03. The Bertz CT molecular complexity index is 460. The first kappa shape index (κ1) is 16.1. The maximum atomic E-state index is 12.2. The van der Waals surface area contributed by atoms with Crippen molar-refractivity contribution in [2.24, 2.45) is 0 Å². The van der Waals surface area contributed by atoms with Crippen molar-refractivity contribution >= 4 is 10.0 Å². The van der Waals surface area contributed by atoms with Crippen LogP contribution >= 0.6 is 0 Å². The molecule has 0 spiro atoms. The SMILES string of the molecule is CCCNCC(C)S(=O)(=O)NC(C)c1ccccc1. The van der Waals surface area contributed by atoms with E-state index in [9.17, 15) is 8.42 Å². The first-order valence-corrected chi connectivity index (χ1v) is 8.28. The number of benzene rings is 1. The Morgan fingerprint density at radius 1 is 1.16 bits per heavy atom. The molecule has 0 aliphatic rings. The molecule has 5 heteroatoms. The van der Waals surface area contributed by atoms with Crippen molar-refractivity contribution < 1.29 is 8.42 Å². The second kappa shape index (κ2) is 7.62. The van der Waals surface area contributed by atoms with Gasteiger partial charge in [-0.3, -0.25) is 0 Å². The lowest BCUT2D eigenvalue weighted by Crippen LogP contribution is -2.40. The maximum absolute atomic E-state index is 12.2. The van der Waals surface area contributed by atoms with Crippen LogP contribution in [-0.4, -0.2) is 26.8 Å². The lowest BCUT2D eigenvalue weighted by molar-refractivity contribution is 0.544. The van der Waals surface area contributed by atoms with Crippen molar-refractivity contribution in [1.29, 1.82) is 0 Å².